The minimum absolute atomic E-state index is 0.188. The monoisotopic (exact) mass is 391 g/mol. The summed E-state index contributed by atoms with van der Waals surface area (Å²) in [5.41, 5.74) is 0.969. The van der Waals surface area contributed by atoms with E-state index >= 15 is 0 Å². The normalized spacial score (nSPS) is 17.4. The number of aromatic nitrogens is 1. The van der Waals surface area contributed by atoms with Crippen molar-refractivity contribution in [2.24, 2.45) is 0 Å². The van der Waals surface area contributed by atoms with E-state index in [1.165, 1.54) is 0 Å². The first-order valence-electron chi connectivity index (χ1n) is 8.32. The number of hydrogen-bond donors (Lipinski definition) is 1. The predicted octanol–water partition coefficient (Wildman–Crippen LogP) is 3.25. The maximum atomic E-state index is 12.5. The number of benzene rings is 1. The highest BCUT2D eigenvalue weighted by atomic mass is 79.9. The highest BCUT2D eigenvalue weighted by Gasteiger charge is 2.27. The van der Waals surface area contributed by atoms with E-state index in [0.717, 1.165) is 41.7 Å². The van der Waals surface area contributed by atoms with Crippen LogP contribution in [-0.2, 0) is 11.2 Å². The third-order valence-corrected chi connectivity index (χ3v) is 5.07. The summed E-state index contributed by atoms with van der Waals surface area (Å²) in [6.45, 7) is 1.72. The van der Waals surface area contributed by atoms with Gasteiger partial charge < -0.3 is 14.6 Å². The van der Waals surface area contributed by atoms with E-state index in [9.17, 15) is 4.79 Å². The standard InChI is InChI=1S/C18H22BrN3O2/c1-20-11-13-5-4-10-22(13)18(23)9-8-17-21-12-16(24-17)14-6-2-3-7-15(14)19/h2-3,6-7,12-13,20H,4-5,8-11H2,1H3. The highest BCUT2D eigenvalue weighted by Crippen LogP contribution is 2.28. The summed E-state index contributed by atoms with van der Waals surface area (Å²) in [6.07, 6.45) is 4.86. The minimum Gasteiger partial charge on any atom is -0.441 e. The van der Waals surface area contributed by atoms with Gasteiger partial charge in [-0.3, -0.25) is 4.79 Å². The van der Waals surface area contributed by atoms with E-state index in [1.54, 1.807) is 6.20 Å². The molecule has 1 aromatic heterocycles. The van der Waals surface area contributed by atoms with E-state index in [4.69, 9.17) is 4.42 Å². The fourth-order valence-corrected chi connectivity index (χ4v) is 3.66. The number of halogens is 1. The number of nitrogens with one attached hydrogen (secondary N) is 1. The molecule has 1 saturated heterocycles. The number of hydrogen-bond acceptors (Lipinski definition) is 4. The van der Waals surface area contributed by atoms with E-state index in [-0.39, 0.29) is 5.91 Å². The van der Waals surface area contributed by atoms with Crippen LogP contribution >= 0.6 is 15.9 Å². The number of likely N-dealkylation sites (tertiary alicyclic amines) is 1. The quantitative estimate of drug-likeness (QED) is 0.820. The zero-order valence-electron chi connectivity index (χ0n) is 13.8. The van der Waals surface area contributed by atoms with Gasteiger partial charge in [0.25, 0.3) is 0 Å². The van der Waals surface area contributed by atoms with Crippen molar-refractivity contribution in [2.75, 3.05) is 20.1 Å². The molecule has 1 fully saturated rings. The lowest BCUT2D eigenvalue weighted by Crippen LogP contribution is -2.40. The Labute approximate surface area is 150 Å². The maximum absolute atomic E-state index is 12.5. The first kappa shape index (κ1) is 17.2. The molecule has 6 heteroatoms. The number of nitrogens with zero attached hydrogens (tertiary/aromatic N) is 2. The van der Waals surface area contributed by atoms with Gasteiger partial charge in [0.05, 0.1) is 6.20 Å². The first-order chi connectivity index (χ1) is 11.7. The summed E-state index contributed by atoms with van der Waals surface area (Å²) < 4.78 is 6.78. The molecule has 1 aliphatic rings. The molecule has 1 amide bonds. The van der Waals surface area contributed by atoms with Crippen LogP contribution in [0.5, 0.6) is 0 Å². The number of oxazole rings is 1. The average molecular weight is 392 g/mol. The molecule has 1 unspecified atom stereocenters. The van der Waals surface area contributed by atoms with Crippen LogP contribution in [0.15, 0.2) is 39.4 Å². The molecule has 1 aliphatic heterocycles. The molecule has 1 N–H and O–H groups in total. The second-order valence-electron chi connectivity index (χ2n) is 6.04. The van der Waals surface area contributed by atoms with Gasteiger partial charge in [-0.15, -0.1) is 0 Å². The SMILES string of the molecule is CNCC1CCCN1C(=O)CCc1ncc(-c2ccccc2Br)o1. The third-order valence-electron chi connectivity index (χ3n) is 4.38. The van der Waals surface area contributed by atoms with Crippen LogP contribution in [-0.4, -0.2) is 42.0 Å². The van der Waals surface area contributed by atoms with Crippen molar-refractivity contribution in [1.29, 1.82) is 0 Å². The molecule has 0 saturated carbocycles. The van der Waals surface area contributed by atoms with Gasteiger partial charge in [0.15, 0.2) is 11.7 Å². The van der Waals surface area contributed by atoms with E-state index in [0.29, 0.717) is 24.8 Å². The van der Waals surface area contributed by atoms with Gasteiger partial charge >= 0.3 is 0 Å². The highest BCUT2D eigenvalue weighted by molar-refractivity contribution is 9.10. The Morgan fingerprint density at radius 3 is 3.08 bits per heavy atom. The van der Waals surface area contributed by atoms with Crippen molar-refractivity contribution in [3.63, 3.8) is 0 Å². The first-order valence-corrected chi connectivity index (χ1v) is 9.12. The molecule has 0 spiro atoms. The number of carbonyl (C=O) groups excluding carboxylic acids is 1. The maximum Gasteiger partial charge on any atom is 0.223 e. The third kappa shape index (κ3) is 3.87. The van der Waals surface area contributed by atoms with Gasteiger partial charge in [0.2, 0.25) is 5.91 Å². The van der Waals surface area contributed by atoms with E-state index < -0.39 is 0 Å². The molecule has 2 aromatic rings. The van der Waals surface area contributed by atoms with Gasteiger partial charge in [0.1, 0.15) is 0 Å². The Hall–Kier alpha value is -1.66. The lowest BCUT2D eigenvalue weighted by Gasteiger charge is -2.24. The van der Waals surface area contributed by atoms with Crippen LogP contribution in [0.1, 0.15) is 25.2 Å². The Kier molecular flexibility index (Phi) is 5.68. The molecule has 2 heterocycles. The molecule has 0 bridgehead atoms. The second-order valence-corrected chi connectivity index (χ2v) is 6.89. The van der Waals surface area contributed by atoms with Crippen LogP contribution < -0.4 is 5.32 Å². The van der Waals surface area contributed by atoms with Crippen molar-refractivity contribution < 1.29 is 9.21 Å². The molecular weight excluding hydrogens is 370 g/mol. The van der Waals surface area contributed by atoms with Gasteiger partial charge in [-0.2, -0.15) is 0 Å². The summed E-state index contributed by atoms with van der Waals surface area (Å²) in [5.74, 6) is 1.52. The largest absolute Gasteiger partial charge is 0.441 e. The summed E-state index contributed by atoms with van der Waals surface area (Å²) in [5, 5.41) is 3.17. The molecule has 1 atom stereocenters. The van der Waals surface area contributed by atoms with E-state index in [1.807, 2.05) is 36.2 Å². The zero-order valence-corrected chi connectivity index (χ0v) is 15.4. The topological polar surface area (TPSA) is 58.4 Å². The van der Waals surface area contributed by atoms with Crippen LogP contribution in [0.25, 0.3) is 11.3 Å². The average Bonchev–Trinajstić information content (AvgIpc) is 3.23. The molecule has 5 nitrogen and oxygen atoms in total. The number of aryl methyl sites for hydroxylation is 1. The molecule has 24 heavy (non-hydrogen) atoms. The number of rotatable bonds is 6. The van der Waals surface area contributed by atoms with Gasteiger partial charge in [0, 0.05) is 42.0 Å². The van der Waals surface area contributed by atoms with E-state index in [2.05, 4.69) is 26.2 Å². The van der Waals surface area contributed by atoms with Crippen LogP contribution in [0, 0.1) is 0 Å². The van der Waals surface area contributed by atoms with Crippen molar-refractivity contribution in [2.45, 2.75) is 31.7 Å². The number of amides is 1. The smallest absolute Gasteiger partial charge is 0.223 e. The predicted molar refractivity (Wildman–Crippen MR) is 96.6 cm³/mol. The van der Waals surface area contributed by atoms with Crippen LogP contribution in [0.2, 0.25) is 0 Å². The molecule has 1 aromatic carbocycles. The van der Waals surface area contributed by atoms with Crippen LogP contribution in [0.3, 0.4) is 0 Å². The Balaban J connectivity index is 1.59. The minimum atomic E-state index is 0.188. The molecule has 0 aliphatic carbocycles. The summed E-state index contributed by atoms with van der Waals surface area (Å²) in [4.78, 5) is 18.8. The van der Waals surface area contributed by atoms with Crippen molar-refractivity contribution in [3.05, 3.63) is 40.8 Å². The lowest BCUT2D eigenvalue weighted by molar-refractivity contribution is -0.131. The van der Waals surface area contributed by atoms with Crippen LogP contribution in [0.4, 0.5) is 0 Å². The molecule has 0 radical (unpaired) electrons. The summed E-state index contributed by atoms with van der Waals surface area (Å²) in [7, 11) is 1.93. The fraction of sp³-hybridized carbons (Fsp3) is 0.444. The Morgan fingerprint density at radius 1 is 1.46 bits per heavy atom. The van der Waals surface area contributed by atoms with Crippen molar-refractivity contribution in [1.82, 2.24) is 15.2 Å². The summed E-state index contributed by atoms with van der Waals surface area (Å²) in [6, 6.07) is 8.19. The molecule has 3 rings (SSSR count). The lowest BCUT2D eigenvalue weighted by atomic mass is 10.2. The van der Waals surface area contributed by atoms with Gasteiger partial charge in [-0.1, -0.05) is 34.1 Å². The molecular formula is C18H22BrN3O2. The second kappa shape index (κ2) is 7.94. The Bertz CT molecular complexity index is 701. The van der Waals surface area contributed by atoms with Crippen molar-refractivity contribution in [3.8, 4) is 11.3 Å². The number of carbonyl (C=O) groups is 1. The fourth-order valence-electron chi connectivity index (χ4n) is 3.18. The Morgan fingerprint density at radius 2 is 2.29 bits per heavy atom. The summed E-state index contributed by atoms with van der Waals surface area (Å²) >= 11 is 3.52. The zero-order chi connectivity index (χ0) is 16.9. The van der Waals surface area contributed by atoms with Gasteiger partial charge in [-0.25, -0.2) is 4.98 Å². The van der Waals surface area contributed by atoms with Gasteiger partial charge in [-0.05, 0) is 26.0 Å². The number of likely N-dealkylation sites (N-methyl/N-ethyl adjacent to an activating group) is 1. The van der Waals surface area contributed by atoms with Crippen molar-refractivity contribution >= 4 is 21.8 Å². The molecule has 128 valence electrons.